The summed E-state index contributed by atoms with van der Waals surface area (Å²) in [4.78, 5) is 21.6. The van der Waals surface area contributed by atoms with Gasteiger partial charge in [0.15, 0.2) is 5.92 Å². The minimum absolute atomic E-state index is 0.0262. The number of rotatable bonds is 7. The van der Waals surface area contributed by atoms with Gasteiger partial charge in [-0.1, -0.05) is 0 Å². The fourth-order valence-corrected chi connectivity index (χ4v) is 1.32. The number of carboxylic acid groups (broad SMARTS) is 1. The summed E-state index contributed by atoms with van der Waals surface area (Å²) in [6.07, 6.45) is -2.86. The van der Waals surface area contributed by atoms with E-state index in [0.29, 0.717) is 0 Å². The molecule has 104 valence electrons. The Labute approximate surface area is 102 Å². The van der Waals surface area contributed by atoms with Crippen LogP contribution in [0, 0.1) is 5.92 Å². The Morgan fingerprint density at radius 1 is 1.33 bits per heavy atom. The number of carbonyl (C=O) groups is 2. The Morgan fingerprint density at radius 2 is 1.94 bits per heavy atom. The molecule has 1 rings (SSSR count). The summed E-state index contributed by atoms with van der Waals surface area (Å²) >= 11 is 0. The standard InChI is InChI=1S/C10H15F3N2O3/c11-10(12,13)7(9(17)18)5-14-4-3-8(16)15-6-1-2-6/h6-7,14H,1-5H2,(H,15,16)(H,17,18). The van der Waals surface area contributed by atoms with Crippen LogP contribution in [0.4, 0.5) is 13.2 Å². The van der Waals surface area contributed by atoms with E-state index in [4.69, 9.17) is 5.11 Å². The number of carboxylic acids is 1. The van der Waals surface area contributed by atoms with Crippen LogP contribution in [0.2, 0.25) is 0 Å². The molecular weight excluding hydrogens is 253 g/mol. The summed E-state index contributed by atoms with van der Waals surface area (Å²) in [7, 11) is 0. The number of aliphatic carboxylic acids is 1. The average molecular weight is 268 g/mol. The highest BCUT2D eigenvalue weighted by molar-refractivity contribution is 5.76. The SMILES string of the molecule is O=C(CCNCC(C(=O)O)C(F)(F)F)NC1CC1. The highest BCUT2D eigenvalue weighted by Crippen LogP contribution is 2.25. The minimum atomic E-state index is -4.78. The van der Waals surface area contributed by atoms with Gasteiger partial charge in [-0.25, -0.2) is 0 Å². The summed E-state index contributed by atoms with van der Waals surface area (Å²) < 4.78 is 36.7. The van der Waals surface area contributed by atoms with Crippen molar-refractivity contribution in [3.05, 3.63) is 0 Å². The zero-order valence-corrected chi connectivity index (χ0v) is 9.59. The molecule has 0 heterocycles. The van der Waals surface area contributed by atoms with Crippen LogP contribution in [0.15, 0.2) is 0 Å². The van der Waals surface area contributed by atoms with E-state index >= 15 is 0 Å². The second-order valence-electron chi connectivity index (χ2n) is 4.23. The third-order valence-corrected chi connectivity index (χ3v) is 2.51. The predicted molar refractivity (Wildman–Crippen MR) is 55.8 cm³/mol. The van der Waals surface area contributed by atoms with E-state index in [2.05, 4.69) is 10.6 Å². The first-order valence-electron chi connectivity index (χ1n) is 5.60. The van der Waals surface area contributed by atoms with Gasteiger partial charge < -0.3 is 15.7 Å². The molecule has 5 nitrogen and oxygen atoms in total. The van der Waals surface area contributed by atoms with Gasteiger partial charge in [0.1, 0.15) is 0 Å². The van der Waals surface area contributed by atoms with E-state index in [1.54, 1.807) is 0 Å². The maximum atomic E-state index is 12.2. The van der Waals surface area contributed by atoms with Gasteiger partial charge in [-0.3, -0.25) is 9.59 Å². The third-order valence-electron chi connectivity index (χ3n) is 2.51. The van der Waals surface area contributed by atoms with Crippen molar-refractivity contribution in [2.24, 2.45) is 5.92 Å². The van der Waals surface area contributed by atoms with Crippen molar-refractivity contribution in [3.63, 3.8) is 0 Å². The lowest BCUT2D eigenvalue weighted by atomic mass is 10.1. The lowest BCUT2D eigenvalue weighted by Gasteiger charge is -2.16. The summed E-state index contributed by atoms with van der Waals surface area (Å²) in [6.45, 7) is -0.700. The van der Waals surface area contributed by atoms with E-state index in [-0.39, 0.29) is 24.9 Å². The molecule has 1 aliphatic rings. The van der Waals surface area contributed by atoms with Crippen LogP contribution in [0.1, 0.15) is 19.3 Å². The number of amides is 1. The maximum absolute atomic E-state index is 12.2. The lowest BCUT2D eigenvalue weighted by Crippen LogP contribution is -2.40. The number of carbonyl (C=O) groups excluding carboxylic acids is 1. The summed E-state index contributed by atoms with van der Waals surface area (Å²) in [5, 5.41) is 13.4. The van der Waals surface area contributed by atoms with Gasteiger partial charge >= 0.3 is 12.1 Å². The van der Waals surface area contributed by atoms with Crippen LogP contribution < -0.4 is 10.6 Å². The molecule has 0 radical (unpaired) electrons. The number of hydrogen-bond donors (Lipinski definition) is 3. The molecular formula is C10H15F3N2O3. The van der Waals surface area contributed by atoms with Crippen LogP contribution in [0.25, 0.3) is 0 Å². The number of halogens is 3. The van der Waals surface area contributed by atoms with Crippen LogP contribution in [0.5, 0.6) is 0 Å². The zero-order chi connectivity index (χ0) is 13.8. The molecule has 1 saturated carbocycles. The highest BCUT2D eigenvalue weighted by atomic mass is 19.4. The quantitative estimate of drug-likeness (QED) is 0.588. The molecule has 0 saturated heterocycles. The molecule has 0 bridgehead atoms. The number of alkyl halides is 3. The van der Waals surface area contributed by atoms with Crippen LogP contribution in [0.3, 0.4) is 0 Å². The Balaban J connectivity index is 2.18. The Hall–Kier alpha value is -1.31. The second-order valence-corrected chi connectivity index (χ2v) is 4.23. The molecule has 3 N–H and O–H groups in total. The molecule has 0 aromatic heterocycles. The van der Waals surface area contributed by atoms with Crippen LogP contribution in [-0.4, -0.2) is 42.3 Å². The molecule has 0 aromatic rings. The first-order chi connectivity index (χ1) is 8.30. The Kier molecular flexibility index (Phi) is 4.94. The van der Waals surface area contributed by atoms with Gasteiger partial charge in [-0.05, 0) is 12.8 Å². The van der Waals surface area contributed by atoms with E-state index in [1.165, 1.54) is 0 Å². The van der Waals surface area contributed by atoms with Gasteiger partial charge in [-0.2, -0.15) is 13.2 Å². The first kappa shape index (κ1) is 14.7. The first-order valence-corrected chi connectivity index (χ1v) is 5.60. The molecule has 8 heteroatoms. The van der Waals surface area contributed by atoms with Crippen molar-refractivity contribution in [1.82, 2.24) is 10.6 Å². The topological polar surface area (TPSA) is 78.4 Å². The highest BCUT2D eigenvalue weighted by Gasteiger charge is 2.44. The van der Waals surface area contributed by atoms with Crippen molar-refractivity contribution in [2.75, 3.05) is 13.1 Å². The Bertz CT molecular complexity index is 316. The average Bonchev–Trinajstić information content (AvgIpc) is 2.98. The van der Waals surface area contributed by atoms with E-state index in [9.17, 15) is 22.8 Å². The summed E-state index contributed by atoms with van der Waals surface area (Å²) in [6, 6.07) is 0.208. The predicted octanol–water partition coefficient (Wildman–Crippen LogP) is 0.508. The Morgan fingerprint density at radius 3 is 2.39 bits per heavy atom. The normalized spacial score (nSPS) is 17.3. The van der Waals surface area contributed by atoms with Crippen molar-refractivity contribution >= 4 is 11.9 Å². The molecule has 0 aromatic carbocycles. The van der Waals surface area contributed by atoms with E-state index < -0.39 is 24.6 Å². The van der Waals surface area contributed by atoms with E-state index in [1.807, 2.05) is 0 Å². The monoisotopic (exact) mass is 268 g/mol. The van der Waals surface area contributed by atoms with Gasteiger partial charge in [0.05, 0.1) is 0 Å². The van der Waals surface area contributed by atoms with Crippen molar-refractivity contribution in [1.29, 1.82) is 0 Å². The molecule has 18 heavy (non-hydrogen) atoms. The van der Waals surface area contributed by atoms with Gasteiger partial charge in [-0.15, -0.1) is 0 Å². The minimum Gasteiger partial charge on any atom is -0.481 e. The fraction of sp³-hybridized carbons (Fsp3) is 0.800. The third kappa shape index (κ3) is 5.35. The van der Waals surface area contributed by atoms with Crippen molar-refractivity contribution in [2.45, 2.75) is 31.5 Å². The molecule has 1 atom stereocenters. The molecule has 1 unspecified atom stereocenters. The molecule has 0 aliphatic heterocycles. The molecule has 1 aliphatic carbocycles. The number of nitrogens with one attached hydrogen (secondary N) is 2. The largest absolute Gasteiger partial charge is 0.481 e. The van der Waals surface area contributed by atoms with Crippen molar-refractivity contribution < 1.29 is 27.9 Å². The molecule has 0 spiro atoms. The van der Waals surface area contributed by atoms with Gasteiger partial charge in [0, 0.05) is 25.6 Å². The van der Waals surface area contributed by atoms with Crippen LogP contribution >= 0.6 is 0 Å². The molecule has 1 fully saturated rings. The second kappa shape index (κ2) is 6.03. The smallest absolute Gasteiger partial charge is 0.403 e. The maximum Gasteiger partial charge on any atom is 0.403 e. The van der Waals surface area contributed by atoms with E-state index in [0.717, 1.165) is 12.8 Å². The van der Waals surface area contributed by atoms with Gasteiger partial charge in [0.25, 0.3) is 0 Å². The summed E-state index contributed by atoms with van der Waals surface area (Å²) in [5.41, 5.74) is 0. The summed E-state index contributed by atoms with van der Waals surface area (Å²) in [5.74, 6) is -4.59. The van der Waals surface area contributed by atoms with Crippen LogP contribution in [-0.2, 0) is 9.59 Å². The number of hydrogen-bond acceptors (Lipinski definition) is 3. The van der Waals surface area contributed by atoms with Gasteiger partial charge in [0.2, 0.25) is 5.91 Å². The lowest BCUT2D eigenvalue weighted by molar-refractivity contribution is -0.192. The fourth-order valence-electron chi connectivity index (χ4n) is 1.32. The van der Waals surface area contributed by atoms with Crippen molar-refractivity contribution in [3.8, 4) is 0 Å². The molecule has 1 amide bonds. The zero-order valence-electron chi connectivity index (χ0n) is 9.59.